The highest BCUT2D eigenvalue weighted by Gasteiger charge is 2.02. The fraction of sp³-hybridized carbons (Fsp3) is 0.381. The number of ketones is 1. The van der Waals surface area contributed by atoms with Crippen molar-refractivity contribution in [1.82, 2.24) is 0 Å². The van der Waals surface area contributed by atoms with Crippen LogP contribution in [0.1, 0.15) is 58.4 Å². The Labute approximate surface area is 135 Å². The van der Waals surface area contributed by atoms with Gasteiger partial charge in [-0.2, -0.15) is 0 Å². The third-order valence-corrected chi connectivity index (χ3v) is 3.93. The van der Waals surface area contributed by atoms with Gasteiger partial charge in [0.2, 0.25) is 0 Å². The van der Waals surface area contributed by atoms with Gasteiger partial charge in [0.15, 0.2) is 5.78 Å². The molecule has 2 rings (SSSR count). The molecule has 0 amide bonds. The minimum absolute atomic E-state index is 0.145. The monoisotopic (exact) mass is 296 g/mol. The van der Waals surface area contributed by atoms with Crippen molar-refractivity contribution in [3.8, 4) is 0 Å². The molecule has 0 aromatic heterocycles. The Kier molecular flexibility index (Phi) is 7.04. The number of carbonyl (C=O) groups is 1. The first-order valence-corrected chi connectivity index (χ1v) is 7.99. The quantitative estimate of drug-likeness (QED) is 0.658. The molecule has 1 nitrogen and oxygen atoms in total. The molecule has 0 atom stereocenters. The Balaban J connectivity index is 0.000000235. The second kappa shape index (κ2) is 8.53. The summed E-state index contributed by atoms with van der Waals surface area (Å²) < 4.78 is 0. The van der Waals surface area contributed by atoms with Gasteiger partial charge < -0.3 is 0 Å². The van der Waals surface area contributed by atoms with Crippen molar-refractivity contribution in [3.63, 3.8) is 0 Å². The van der Waals surface area contributed by atoms with Gasteiger partial charge in [-0.1, -0.05) is 49.2 Å². The Morgan fingerprint density at radius 3 is 2.00 bits per heavy atom. The third kappa shape index (κ3) is 5.48. The summed E-state index contributed by atoms with van der Waals surface area (Å²) in [6.45, 7) is 12.2. The highest BCUT2D eigenvalue weighted by molar-refractivity contribution is 5.94. The first-order valence-electron chi connectivity index (χ1n) is 7.99. The van der Waals surface area contributed by atoms with Gasteiger partial charge in [-0.05, 0) is 69.4 Å². The zero-order valence-electron chi connectivity index (χ0n) is 14.8. The molecule has 0 bridgehead atoms. The summed E-state index contributed by atoms with van der Waals surface area (Å²) in [5.74, 6) is 0.145. The standard InChI is InChI=1S/C12H16O.C9H12/c1-4-5-11-6-7-12(10(3)13)8-9(11)2;1-7-4-5-8(2)9(3)6-7/h6-8H,4-5H2,1-3H3;4-6H,1-3H3. The fourth-order valence-electron chi connectivity index (χ4n) is 2.36. The maximum atomic E-state index is 11.1. The van der Waals surface area contributed by atoms with E-state index in [1.165, 1.54) is 27.8 Å². The van der Waals surface area contributed by atoms with Crippen molar-refractivity contribution < 1.29 is 4.79 Å². The first kappa shape index (κ1) is 18.2. The average Bonchev–Trinajstić information content (AvgIpc) is 2.46. The average molecular weight is 296 g/mol. The van der Waals surface area contributed by atoms with Crippen molar-refractivity contribution in [1.29, 1.82) is 0 Å². The van der Waals surface area contributed by atoms with Gasteiger partial charge in [0.05, 0.1) is 0 Å². The summed E-state index contributed by atoms with van der Waals surface area (Å²) in [6, 6.07) is 12.5. The molecular formula is C21H28O. The second-order valence-electron chi connectivity index (χ2n) is 6.04. The highest BCUT2D eigenvalue weighted by Crippen LogP contribution is 2.13. The summed E-state index contributed by atoms with van der Waals surface area (Å²) in [5, 5.41) is 0. The van der Waals surface area contributed by atoms with Crippen LogP contribution >= 0.6 is 0 Å². The van der Waals surface area contributed by atoms with Crippen LogP contribution in [0.25, 0.3) is 0 Å². The zero-order valence-corrected chi connectivity index (χ0v) is 14.8. The van der Waals surface area contributed by atoms with Crippen molar-refractivity contribution in [3.05, 3.63) is 69.8 Å². The van der Waals surface area contributed by atoms with Gasteiger partial charge >= 0.3 is 0 Å². The van der Waals surface area contributed by atoms with Gasteiger partial charge in [0.1, 0.15) is 0 Å². The number of carbonyl (C=O) groups excluding carboxylic acids is 1. The van der Waals surface area contributed by atoms with Gasteiger partial charge in [-0.3, -0.25) is 4.79 Å². The van der Waals surface area contributed by atoms with E-state index in [1.54, 1.807) is 6.92 Å². The molecule has 2 aromatic carbocycles. The largest absolute Gasteiger partial charge is 0.295 e. The van der Waals surface area contributed by atoms with E-state index in [9.17, 15) is 4.79 Å². The van der Waals surface area contributed by atoms with Crippen molar-refractivity contribution in [2.75, 3.05) is 0 Å². The number of benzene rings is 2. The lowest BCUT2D eigenvalue weighted by molar-refractivity contribution is 0.101. The minimum atomic E-state index is 0.145. The predicted molar refractivity (Wildman–Crippen MR) is 95.8 cm³/mol. The van der Waals surface area contributed by atoms with Gasteiger partial charge in [0.25, 0.3) is 0 Å². The molecule has 0 heterocycles. The van der Waals surface area contributed by atoms with Crippen LogP contribution in [-0.4, -0.2) is 5.78 Å². The summed E-state index contributed by atoms with van der Waals surface area (Å²) >= 11 is 0. The van der Waals surface area contributed by atoms with E-state index in [-0.39, 0.29) is 5.78 Å². The van der Waals surface area contributed by atoms with Crippen LogP contribution in [-0.2, 0) is 6.42 Å². The third-order valence-electron chi connectivity index (χ3n) is 3.93. The molecule has 1 heteroatoms. The molecular weight excluding hydrogens is 268 g/mol. The molecule has 0 spiro atoms. The number of rotatable bonds is 3. The van der Waals surface area contributed by atoms with Crippen LogP contribution in [0.4, 0.5) is 0 Å². The molecule has 0 aliphatic carbocycles. The Hall–Kier alpha value is -1.89. The first-order chi connectivity index (χ1) is 10.3. The molecule has 0 N–H and O–H groups in total. The minimum Gasteiger partial charge on any atom is -0.295 e. The molecule has 0 aliphatic heterocycles. The second-order valence-corrected chi connectivity index (χ2v) is 6.04. The van der Waals surface area contributed by atoms with Crippen LogP contribution in [0.5, 0.6) is 0 Å². The molecule has 0 fully saturated rings. The van der Waals surface area contributed by atoms with E-state index in [2.05, 4.69) is 58.9 Å². The summed E-state index contributed by atoms with van der Waals surface area (Å²) in [4.78, 5) is 11.1. The van der Waals surface area contributed by atoms with Crippen molar-refractivity contribution >= 4 is 5.78 Å². The van der Waals surface area contributed by atoms with E-state index in [4.69, 9.17) is 0 Å². The maximum Gasteiger partial charge on any atom is 0.159 e. The predicted octanol–water partition coefficient (Wildman–Crippen LogP) is 5.76. The van der Waals surface area contributed by atoms with E-state index in [0.717, 1.165) is 18.4 Å². The van der Waals surface area contributed by atoms with Crippen LogP contribution in [0, 0.1) is 27.7 Å². The molecule has 0 unspecified atom stereocenters. The molecule has 2 aromatic rings. The maximum absolute atomic E-state index is 11.1. The van der Waals surface area contributed by atoms with Gasteiger partial charge in [-0.15, -0.1) is 0 Å². The Bertz CT molecular complexity index is 638. The molecule has 0 saturated carbocycles. The summed E-state index contributed by atoms with van der Waals surface area (Å²) in [5.41, 5.74) is 7.51. The lowest BCUT2D eigenvalue weighted by atomic mass is 10.0. The zero-order chi connectivity index (χ0) is 16.7. The Morgan fingerprint density at radius 2 is 1.55 bits per heavy atom. The fourth-order valence-corrected chi connectivity index (χ4v) is 2.36. The lowest BCUT2D eigenvalue weighted by Crippen LogP contribution is -1.95. The van der Waals surface area contributed by atoms with E-state index in [0.29, 0.717) is 0 Å². The normalized spacial score (nSPS) is 9.91. The molecule has 22 heavy (non-hydrogen) atoms. The topological polar surface area (TPSA) is 17.1 Å². The lowest BCUT2D eigenvalue weighted by Gasteiger charge is -2.05. The van der Waals surface area contributed by atoms with Crippen LogP contribution < -0.4 is 0 Å². The van der Waals surface area contributed by atoms with Gasteiger partial charge in [-0.25, -0.2) is 0 Å². The smallest absolute Gasteiger partial charge is 0.159 e. The summed E-state index contributed by atoms with van der Waals surface area (Å²) in [7, 11) is 0. The number of hydrogen-bond donors (Lipinski definition) is 0. The molecule has 0 aliphatic rings. The number of Topliss-reactive ketones (excluding diaryl/α,β-unsaturated/α-hetero) is 1. The van der Waals surface area contributed by atoms with Crippen molar-refractivity contribution in [2.24, 2.45) is 0 Å². The molecule has 118 valence electrons. The van der Waals surface area contributed by atoms with Crippen LogP contribution in [0.3, 0.4) is 0 Å². The number of aryl methyl sites for hydroxylation is 5. The summed E-state index contributed by atoms with van der Waals surface area (Å²) in [6.07, 6.45) is 2.25. The number of hydrogen-bond acceptors (Lipinski definition) is 1. The van der Waals surface area contributed by atoms with E-state index >= 15 is 0 Å². The molecule has 0 saturated heterocycles. The SMILES string of the molecule is CCCc1ccc(C(C)=O)cc1C.Cc1ccc(C)c(C)c1. The molecule has 0 radical (unpaired) electrons. The van der Waals surface area contributed by atoms with E-state index < -0.39 is 0 Å². The Morgan fingerprint density at radius 1 is 0.864 bits per heavy atom. The van der Waals surface area contributed by atoms with Crippen LogP contribution in [0.2, 0.25) is 0 Å². The van der Waals surface area contributed by atoms with Crippen molar-refractivity contribution in [2.45, 2.75) is 54.4 Å². The van der Waals surface area contributed by atoms with E-state index in [1.807, 2.05) is 12.1 Å². The highest BCUT2D eigenvalue weighted by atomic mass is 16.1. The van der Waals surface area contributed by atoms with Gasteiger partial charge in [0, 0.05) is 5.56 Å². The van der Waals surface area contributed by atoms with Crippen LogP contribution in [0.15, 0.2) is 36.4 Å².